The Bertz CT molecular complexity index is 1200. The number of allylic oxidation sites excluding steroid dienone is 1. The van der Waals surface area contributed by atoms with E-state index in [0.29, 0.717) is 11.4 Å². The van der Waals surface area contributed by atoms with E-state index >= 15 is 0 Å². The first-order valence-electron chi connectivity index (χ1n) is 10.9. The quantitative estimate of drug-likeness (QED) is 0.662. The molecule has 5 rings (SSSR count). The molecule has 1 unspecified atom stereocenters. The molecule has 1 aromatic carbocycles. The van der Waals surface area contributed by atoms with Crippen LogP contribution in [0.3, 0.4) is 0 Å². The largest absolute Gasteiger partial charge is 0.369 e. The molecule has 1 atom stereocenters. The summed E-state index contributed by atoms with van der Waals surface area (Å²) in [6.45, 7) is 5.53. The van der Waals surface area contributed by atoms with E-state index in [1.807, 2.05) is 36.4 Å². The molecule has 0 saturated carbocycles. The molecular weight excluding hydrogens is 388 g/mol. The summed E-state index contributed by atoms with van der Waals surface area (Å²) in [7, 11) is 0. The van der Waals surface area contributed by atoms with Gasteiger partial charge in [0.15, 0.2) is 5.78 Å². The van der Waals surface area contributed by atoms with Crippen molar-refractivity contribution in [2.45, 2.75) is 25.8 Å². The monoisotopic (exact) mass is 414 g/mol. The smallest absolute Gasteiger partial charge is 0.257 e. The summed E-state index contributed by atoms with van der Waals surface area (Å²) in [6, 6.07) is 13.9. The lowest BCUT2D eigenvalue weighted by atomic mass is 10.1. The van der Waals surface area contributed by atoms with Crippen molar-refractivity contribution in [3.63, 3.8) is 0 Å². The Hall–Kier alpha value is -3.25. The van der Waals surface area contributed by atoms with E-state index in [2.05, 4.69) is 25.8 Å². The number of benzene rings is 1. The zero-order valence-corrected chi connectivity index (χ0v) is 17.7. The Balaban J connectivity index is 1.27. The molecule has 1 N–H and O–H groups in total. The van der Waals surface area contributed by atoms with Gasteiger partial charge < -0.3 is 9.88 Å². The number of fused-ring (bicyclic) bond motifs is 1. The Morgan fingerprint density at radius 3 is 2.61 bits per heavy atom. The first kappa shape index (κ1) is 19.7. The molecule has 158 valence electrons. The molecular formula is C25H26N4O2. The third kappa shape index (κ3) is 3.91. The number of rotatable bonds is 4. The fourth-order valence-electron chi connectivity index (χ4n) is 4.69. The van der Waals surface area contributed by atoms with Crippen LogP contribution in [-0.4, -0.2) is 52.9 Å². The van der Waals surface area contributed by atoms with Crippen LogP contribution in [0.1, 0.15) is 35.8 Å². The van der Waals surface area contributed by atoms with Crippen LogP contribution in [0.2, 0.25) is 0 Å². The van der Waals surface area contributed by atoms with Crippen LogP contribution in [-0.2, 0) is 0 Å². The van der Waals surface area contributed by atoms with E-state index in [0.717, 1.165) is 55.8 Å². The molecule has 6 nitrogen and oxygen atoms in total. The maximum Gasteiger partial charge on any atom is 0.257 e. The van der Waals surface area contributed by atoms with Gasteiger partial charge in [0.05, 0.1) is 10.9 Å². The van der Waals surface area contributed by atoms with Crippen molar-refractivity contribution in [3.05, 3.63) is 76.3 Å². The molecule has 0 amide bonds. The second kappa shape index (κ2) is 8.12. The van der Waals surface area contributed by atoms with Crippen LogP contribution < -0.4 is 10.5 Å². The van der Waals surface area contributed by atoms with Gasteiger partial charge in [-0.25, -0.2) is 0 Å². The number of hydrogen-bond acceptors (Lipinski definition) is 5. The van der Waals surface area contributed by atoms with Crippen molar-refractivity contribution in [1.29, 1.82) is 0 Å². The predicted molar refractivity (Wildman–Crippen MR) is 124 cm³/mol. The Morgan fingerprint density at radius 2 is 1.87 bits per heavy atom. The zero-order chi connectivity index (χ0) is 21.4. The Labute approximate surface area is 181 Å². The highest BCUT2D eigenvalue weighted by molar-refractivity contribution is 5.94. The zero-order valence-electron chi connectivity index (χ0n) is 17.7. The van der Waals surface area contributed by atoms with Crippen LogP contribution in [0.15, 0.2) is 59.5 Å². The maximum atomic E-state index is 12.4. The van der Waals surface area contributed by atoms with E-state index in [9.17, 15) is 9.59 Å². The SMILES string of the molecule is CC(=O)c1ccc(N2CCN(C3C=C(c4cc5ncccc5c(=O)[nH]4)CC3)CC2)cc1. The number of aromatic nitrogens is 2. The number of aromatic amines is 1. The third-order valence-electron chi connectivity index (χ3n) is 6.48. The summed E-state index contributed by atoms with van der Waals surface area (Å²) in [5, 5.41) is 0.633. The summed E-state index contributed by atoms with van der Waals surface area (Å²) in [5.74, 6) is 0.101. The van der Waals surface area contributed by atoms with E-state index in [-0.39, 0.29) is 11.3 Å². The molecule has 2 aromatic heterocycles. The minimum Gasteiger partial charge on any atom is -0.369 e. The number of pyridine rings is 2. The van der Waals surface area contributed by atoms with Gasteiger partial charge in [0.1, 0.15) is 0 Å². The van der Waals surface area contributed by atoms with Crippen molar-refractivity contribution in [3.8, 4) is 0 Å². The number of carbonyl (C=O) groups excluding carboxylic acids is 1. The minimum absolute atomic E-state index is 0.0747. The lowest BCUT2D eigenvalue weighted by molar-refractivity contribution is 0.101. The third-order valence-corrected chi connectivity index (χ3v) is 6.48. The Morgan fingerprint density at radius 1 is 1.10 bits per heavy atom. The number of nitrogens with zero attached hydrogens (tertiary/aromatic N) is 3. The van der Waals surface area contributed by atoms with Gasteiger partial charge in [-0.1, -0.05) is 6.08 Å². The highest BCUT2D eigenvalue weighted by atomic mass is 16.1. The fourth-order valence-corrected chi connectivity index (χ4v) is 4.69. The van der Waals surface area contributed by atoms with Gasteiger partial charge in [0.2, 0.25) is 0 Å². The second-order valence-electron chi connectivity index (χ2n) is 8.37. The molecule has 3 aromatic rings. The lowest BCUT2D eigenvalue weighted by Gasteiger charge is -2.38. The molecule has 1 saturated heterocycles. The van der Waals surface area contributed by atoms with Gasteiger partial charge in [-0.2, -0.15) is 0 Å². The molecule has 1 aliphatic heterocycles. The number of carbonyl (C=O) groups is 1. The standard InChI is InChI=1S/C25H26N4O2/c1-17(30)18-4-7-20(8-5-18)28-11-13-29(14-12-28)21-9-6-19(15-21)23-16-24-22(25(31)27-23)3-2-10-26-24/h2-5,7-8,10,15-16,21H,6,9,11-14H2,1H3,(H,27,31). The summed E-state index contributed by atoms with van der Waals surface area (Å²) in [5.41, 5.74) is 4.70. The average molecular weight is 415 g/mol. The van der Waals surface area contributed by atoms with Crippen LogP contribution in [0.5, 0.6) is 0 Å². The molecule has 1 aliphatic carbocycles. The van der Waals surface area contributed by atoms with Gasteiger partial charge >= 0.3 is 0 Å². The molecule has 2 aliphatic rings. The molecule has 31 heavy (non-hydrogen) atoms. The number of hydrogen-bond donors (Lipinski definition) is 1. The lowest BCUT2D eigenvalue weighted by Crippen LogP contribution is -2.49. The molecule has 0 bridgehead atoms. The van der Waals surface area contributed by atoms with Crippen molar-refractivity contribution in [2.75, 3.05) is 31.1 Å². The first-order chi connectivity index (χ1) is 15.1. The van der Waals surface area contributed by atoms with Crippen molar-refractivity contribution < 1.29 is 4.79 Å². The molecule has 0 radical (unpaired) electrons. The van der Waals surface area contributed by atoms with Gasteiger partial charge in [0.25, 0.3) is 5.56 Å². The van der Waals surface area contributed by atoms with Crippen molar-refractivity contribution in [1.82, 2.24) is 14.9 Å². The summed E-state index contributed by atoms with van der Waals surface area (Å²) < 4.78 is 0. The second-order valence-corrected chi connectivity index (χ2v) is 8.37. The summed E-state index contributed by atoms with van der Waals surface area (Å²) >= 11 is 0. The number of anilines is 1. The maximum absolute atomic E-state index is 12.4. The topological polar surface area (TPSA) is 69.3 Å². The first-order valence-corrected chi connectivity index (χ1v) is 10.9. The predicted octanol–water partition coefficient (Wildman–Crippen LogP) is 3.49. The average Bonchev–Trinajstić information content (AvgIpc) is 3.30. The molecule has 6 heteroatoms. The van der Waals surface area contributed by atoms with Crippen molar-refractivity contribution in [2.24, 2.45) is 0 Å². The normalized spacial score (nSPS) is 19.6. The number of nitrogens with one attached hydrogen (secondary N) is 1. The molecule has 1 fully saturated rings. The number of H-pyrrole nitrogens is 1. The van der Waals surface area contributed by atoms with E-state index in [4.69, 9.17) is 0 Å². The fraction of sp³-hybridized carbons (Fsp3) is 0.320. The highest BCUT2D eigenvalue weighted by Crippen LogP contribution is 2.31. The van der Waals surface area contributed by atoms with Crippen LogP contribution in [0.25, 0.3) is 16.5 Å². The van der Waals surface area contributed by atoms with Gasteiger partial charge in [0, 0.05) is 55.4 Å². The number of Topliss-reactive ketones (excluding diaryl/α,β-unsaturated/α-hetero) is 1. The van der Waals surface area contributed by atoms with Crippen LogP contribution in [0.4, 0.5) is 5.69 Å². The minimum atomic E-state index is -0.0747. The van der Waals surface area contributed by atoms with E-state index < -0.39 is 0 Å². The number of ketones is 1. The van der Waals surface area contributed by atoms with E-state index in [1.165, 1.54) is 11.3 Å². The summed E-state index contributed by atoms with van der Waals surface area (Å²) in [4.78, 5) is 36.2. The van der Waals surface area contributed by atoms with Gasteiger partial charge in [-0.15, -0.1) is 0 Å². The Kier molecular flexibility index (Phi) is 5.16. The van der Waals surface area contributed by atoms with Gasteiger partial charge in [-0.05, 0) is 67.8 Å². The highest BCUT2D eigenvalue weighted by Gasteiger charge is 2.27. The van der Waals surface area contributed by atoms with Gasteiger partial charge in [-0.3, -0.25) is 19.5 Å². The number of piperazine rings is 1. The summed E-state index contributed by atoms with van der Waals surface area (Å²) in [6.07, 6.45) is 6.08. The molecule has 3 heterocycles. The van der Waals surface area contributed by atoms with Crippen LogP contribution in [0, 0.1) is 0 Å². The van der Waals surface area contributed by atoms with Crippen molar-refractivity contribution >= 4 is 27.9 Å². The molecule has 0 spiro atoms. The van der Waals surface area contributed by atoms with E-state index in [1.54, 1.807) is 19.2 Å². The van der Waals surface area contributed by atoms with Crippen LogP contribution >= 0.6 is 0 Å².